The highest BCUT2D eigenvalue weighted by atomic mass is 79.9. The lowest BCUT2D eigenvalue weighted by Crippen LogP contribution is -2.35. The van der Waals surface area contributed by atoms with Crippen molar-refractivity contribution in [3.8, 4) is 0 Å². The molecule has 8 heteroatoms. The van der Waals surface area contributed by atoms with E-state index in [2.05, 4.69) is 36.0 Å². The first-order valence-electron chi connectivity index (χ1n) is 9.48. The number of benzene rings is 2. The molecule has 0 unspecified atom stereocenters. The molecule has 150 valence electrons. The van der Waals surface area contributed by atoms with Crippen LogP contribution < -0.4 is 5.32 Å². The van der Waals surface area contributed by atoms with Crippen molar-refractivity contribution >= 4 is 39.2 Å². The topological polar surface area (TPSA) is 63.1 Å². The number of aromatic nitrogens is 3. The molecule has 1 fully saturated rings. The van der Waals surface area contributed by atoms with Gasteiger partial charge in [0, 0.05) is 21.7 Å². The van der Waals surface area contributed by atoms with Crippen molar-refractivity contribution in [1.29, 1.82) is 0 Å². The first kappa shape index (κ1) is 19.9. The van der Waals surface area contributed by atoms with Crippen LogP contribution in [-0.4, -0.2) is 32.2 Å². The van der Waals surface area contributed by atoms with Gasteiger partial charge in [0.15, 0.2) is 5.82 Å². The molecular formula is C21H21BrClN5O. The van der Waals surface area contributed by atoms with Crippen LogP contribution >= 0.6 is 27.5 Å². The Labute approximate surface area is 183 Å². The van der Waals surface area contributed by atoms with Gasteiger partial charge in [0.05, 0.1) is 12.6 Å². The summed E-state index contributed by atoms with van der Waals surface area (Å²) < 4.78 is 3.05. The van der Waals surface area contributed by atoms with Crippen LogP contribution in [0.3, 0.4) is 0 Å². The SMILES string of the molecule is Cc1nnc([C@H]2CCCN2C(=O)Nc2ccc(Br)cc2)n1Cc1ccc(Cl)cc1. The predicted molar refractivity (Wildman–Crippen MR) is 117 cm³/mol. The van der Waals surface area contributed by atoms with Crippen LogP contribution in [0, 0.1) is 6.92 Å². The maximum absolute atomic E-state index is 12.9. The van der Waals surface area contributed by atoms with Crippen LogP contribution in [0.1, 0.15) is 36.1 Å². The number of halogens is 2. The van der Waals surface area contributed by atoms with E-state index in [0.717, 1.165) is 40.2 Å². The second-order valence-corrected chi connectivity index (χ2v) is 8.46. The van der Waals surface area contributed by atoms with Gasteiger partial charge in [0.2, 0.25) is 0 Å². The lowest BCUT2D eigenvalue weighted by molar-refractivity contribution is 0.204. The fourth-order valence-electron chi connectivity index (χ4n) is 3.62. The quantitative estimate of drug-likeness (QED) is 0.549. The normalized spacial score (nSPS) is 16.2. The molecule has 1 N–H and O–H groups in total. The molecule has 1 aromatic heterocycles. The second-order valence-electron chi connectivity index (χ2n) is 7.11. The number of aryl methyl sites for hydroxylation is 1. The summed E-state index contributed by atoms with van der Waals surface area (Å²) in [7, 11) is 0. The molecule has 1 aliphatic heterocycles. The summed E-state index contributed by atoms with van der Waals surface area (Å²) in [4.78, 5) is 14.8. The number of amides is 2. The van der Waals surface area contributed by atoms with Crippen molar-refractivity contribution < 1.29 is 4.79 Å². The van der Waals surface area contributed by atoms with E-state index in [1.807, 2.05) is 60.4 Å². The molecule has 1 atom stereocenters. The summed E-state index contributed by atoms with van der Waals surface area (Å²) >= 11 is 9.41. The number of likely N-dealkylation sites (tertiary alicyclic amines) is 1. The third-order valence-corrected chi connectivity index (χ3v) is 5.91. The Morgan fingerprint density at radius 3 is 2.62 bits per heavy atom. The first-order chi connectivity index (χ1) is 14.0. The number of carbonyl (C=O) groups excluding carboxylic acids is 1. The number of anilines is 1. The lowest BCUT2D eigenvalue weighted by Gasteiger charge is -2.25. The number of urea groups is 1. The van der Waals surface area contributed by atoms with Crippen LogP contribution in [0.2, 0.25) is 5.02 Å². The average molecular weight is 475 g/mol. The molecule has 0 bridgehead atoms. The highest BCUT2D eigenvalue weighted by Gasteiger charge is 2.34. The maximum Gasteiger partial charge on any atom is 0.322 e. The van der Waals surface area contributed by atoms with Crippen molar-refractivity contribution in [2.45, 2.75) is 32.4 Å². The molecular weight excluding hydrogens is 454 g/mol. The van der Waals surface area contributed by atoms with Crippen molar-refractivity contribution in [1.82, 2.24) is 19.7 Å². The van der Waals surface area contributed by atoms with E-state index < -0.39 is 0 Å². The Hall–Kier alpha value is -2.38. The lowest BCUT2D eigenvalue weighted by atomic mass is 10.2. The van der Waals surface area contributed by atoms with Gasteiger partial charge in [-0.3, -0.25) is 0 Å². The van der Waals surface area contributed by atoms with E-state index in [4.69, 9.17) is 11.6 Å². The number of rotatable bonds is 4. The van der Waals surface area contributed by atoms with E-state index >= 15 is 0 Å². The van der Waals surface area contributed by atoms with E-state index in [1.54, 1.807) is 0 Å². The van der Waals surface area contributed by atoms with Gasteiger partial charge >= 0.3 is 6.03 Å². The summed E-state index contributed by atoms with van der Waals surface area (Å²) in [6.07, 6.45) is 1.80. The summed E-state index contributed by atoms with van der Waals surface area (Å²) in [5.74, 6) is 1.65. The van der Waals surface area contributed by atoms with Gasteiger partial charge in [-0.05, 0) is 61.7 Å². The standard InChI is InChI=1S/C21H21BrClN5O/c1-14-25-26-20(28(14)13-15-4-8-17(23)9-5-15)19-3-2-12-27(19)21(29)24-18-10-6-16(22)7-11-18/h4-11,19H,2-3,12-13H2,1H3,(H,24,29)/t19-/m1/s1. The second kappa shape index (κ2) is 8.55. The van der Waals surface area contributed by atoms with E-state index in [0.29, 0.717) is 18.1 Å². The molecule has 6 nitrogen and oxygen atoms in total. The largest absolute Gasteiger partial charge is 0.322 e. The van der Waals surface area contributed by atoms with Gasteiger partial charge in [-0.15, -0.1) is 10.2 Å². The Morgan fingerprint density at radius 2 is 1.90 bits per heavy atom. The molecule has 0 aliphatic carbocycles. The highest BCUT2D eigenvalue weighted by molar-refractivity contribution is 9.10. The van der Waals surface area contributed by atoms with E-state index in [9.17, 15) is 4.79 Å². The summed E-state index contributed by atoms with van der Waals surface area (Å²) in [5, 5.41) is 12.4. The molecule has 3 aromatic rings. The Kier molecular flexibility index (Phi) is 5.87. The van der Waals surface area contributed by atoms with Crippen LogP contribution in [0.15, 0.2) is 53.0 Å². The molecule has 2 aromatic carbocycles. The molecule has 1 aliphatic rings. The Bertz CT molecular complexity index is 1000. The minimum Gasteiger partial charge on any atom is -0.314 e. The summed E-state index contributed by atoms with van der Waals surface area (Å²) in [6, 6.07) is 15.1. The highest BCUT2D eigenvalue weighted by Crippen LogP contribution is 2.32. The van der Waals surface area contributed by atoms with Crippen molar-refractivity contribution in [3.05, 3.63) is 75.2 Å². The smallest absolute Gasteiger partial charge is 0.314 e. The number of hydrogen-bond acceptors (Lipinski definition) is 3. The van der Waals surface area contributed by atoms with Crippen LogP contribution in [0.4, 0.5) is 10.5 Å². The molecule has 0 spiro atoms. The average Bonchev–Trinajstić information content (AvgIpc) is 3.33. The van der Waals surface area contributed by atoms with Gasteiger partial charge in [0.25, 0.3) is 0 Å². The van der Waals surface area contributed by atoms with Gasteiger partial charge in [-0.25, -0.2) is 4.79 Å². The molecule has 4 rings (SSSR count). The minimum absolute atomic E-state index is 0.0982. The van der Waals surface area contributed by atoms with Crippen LogP contribution in [0.25, 0.3) is 0 Å². The van der Waals surface area contributed by atoms with E-state index in [-0.39, 0.29) is 12.1 Å². The zero-order valence-corrected chi connectivity index (χ0v) is 18.3. The third kappa shape index (κ3) is 4.46. The predicted octanol–water partition coefficient (Wildman–Crippen LogP) is 5.42. The number of carbonyl (C=O) groups is 1. The van der Waals surface area contributed by atoms with Crippen molar-refractivity contribution in [3.63, 3.8) is 0 Å². The monoisotopic (exact) mass is 473 g/mol. The molecule has 29 heavy (non-hydrogen) atoms. The Balaban J connectivity index is 1.55. The van der Waals surface area contributed by atoms with E-state index in [1.165, 1.54) is 0 Å². The molecule has 2 amide bonds. The number of nitrogens with zero attached hydrogens (tertiary/aromatic N) is 4. The summed E-state index contributed by atoms with van der Waals surface area (Å²) in [6.45, 7) is 3.28. The number of nitrogens with one attached hydrogen (secondary N) is 1. The maximum atomic E-state index is 12.9. The van der Waals surface area contributed by atoms with Gasteiger partial charge in [-0.1, -0.05) is 39.7 Å². The fourth-order valence-corrected chi connectivity index (χ4v) is 4.01. The van der Waals surface area contributed by atoms with Crippen LogP contribution in [-0.2, 0) is 6.54 Å². The third-order valence-electron chi connectivity index (χ3n) is 5.13. The van der Waals surface area contributed by atoms with Crippen molar-refractivity contribution in [2.75, 3.05) is 11.9 Å². The van der Waals surface area contributed by atoms with Gasteiger partial charge in [0.1, 0.15) is 5.82 Å². The van der Waals surface area contributed by atoms with Crippen molar-refractivity contribution in [2.24, 2.45) is 0 Å². The zero-order valence-electron chi connectivity index (χ0n) is 16.0. The molecule has 2 heterocycles. The van der Waals surface area contributed by atoms with Gasteiger partial charge in [-0.2, -0.15) is 0 Å². The molecule has 0 radical (unpaired) electrons. The summed E-state index contributed by atoms with van der Waals surface area (Å²) in [5.41, 5.74) is 1.88. The molecule has 1 saturated heterocycles. The Morgan fingerprint density at radius 1 is 1.17 bits per heavy atom. The zero-order chi connectivity index (χ0) is 20.4. The minimum atomic E-state index is -0.117. The van der Waals surface area contributed by atoms with Gasteiger partial charge < -0.3 is 14.8 Å². The molecule has 0 saturated carbocycles. The number of hydrogen-bond donors (Lipinski definition) is 1. The van der Waals surface area contributed by atoms with Crippen LogP contribution in [0.5, 0.6) is 0 Å². The fraction of sp³-hybridized carbons (Fsp3) is 0.286. The first-order valence-corrected chi connectivity index (χ1v) is 10.7.